The van der Waals surface area contributed by atoms with E-state index in [0.29, 0.717) is 5.92 Å². The van der Waals surface area contributed by atoms with E-state index in [1.165, 1.54) is 42.7 Å². The van der Waals surface area contributed by atoms with Gasteiger partial charge in [-0.1, -0.05) is 55.5 Å². The van der Waals surface area contributed by atoms with Gasteiger partial charge >= 0.3 is 0 Å². The number of thiophene rings is 1. The molecule has 0 saturated heterocycles. The number of allylic oxidation sites excluding steroid dienone is 2. The molecule has 1 atom stereocenters. The van der Waals surface area contributed by atoms with Gasteiger partial charge in [-0.05, 0) is 77.6 Å². The molecule has 0 bridgehead atoms. The van der Waals surface area contributed by atoms with Crippen molar-refractivity contribution in [2.24, 2.45) is 0 Å². The Morgan fingerprint density at radius 2 is 1.92 bits per heavy atom. The fraction of sp³-hybridized carbons (Fsp3) is 0.156. The van der Waals surface area contributed by atoms with Gasteiger partial charge in [0.1, 0.15) is 0 Å². The second kappa shape index (κ2) is 7.98. The van der Waals surface area contributed by atoms with Crippen LogP contribution < -0.4 is 5.73 Å². The Hall–Kier alpha value is -4.07. The second-order valence-electron chi connectivity index (χ2n) is 9.87. The average Bonchev–Trinajstić information content (AvgIpc) is 3.43. The van der Waals surface area contributed by atoms with Gasteiger partial charge in [-0.2, -0.15) is 5.26 Å². The van der Waals surface area contributed by atoms with Gasteiger partial charge in [0.05, 0.1) is 28.7 Å². The summed E-state index contributed by atoms with van der Waals surface area (Å²) in [6.45, 7) is 2.31. The van der Waals surface area contributed by atoms with Crippen LogP contribution in [-0.2, 0) is 6.42 Å². The van der Waals surface area contributed by atoms with Crippen LogP contribution in [0.5, 0.6) is 0 Å². The van der Waals surface area contributed by atoms with E-state index in [4.69, 9.17) is 5.73 Å². The van der Waals surface area contributed by atoms with Crippen LogP contribution in [-0.4, -0.2) is 4.57 Å². The minimum absolute atomic E-state index is 0.463. The highest BCUT2D eigenvalue weighted by atomic mass is 32.1. The van der Waals surface area contributed by atoms with Crippen molar-refractivity contribution in [1.82, 2.24) is 4.57 Å². The topological polar surface area (TPSA) is 54.7 Å². The Labute approximate surface area is 214 Å². The fourth-order valence-electron chi connectivity index (χ4n) is 6.04. The molecular formula is C32H25N3S. The van der Waals surface area contributed by atoms with E-state index in [-0.39, 0.29) is 0 Å². The maximum Gasteiger partial charge on any atom is 0.0947 e. The normalized spacial score (nSPS) is 16.6. The molecule has 0 amide bonds. The van der Waals surface area contributed by atoms with Gasteiger partial charge in [0, 0.05) is 26.1 Å². The number of rotatable bonds is 2. The number of nitriles is 1. The summed E-state index contributed by atoms with van der Waals surface area (Å²) >= 11 is 1.78. The first-order valence-corrected chi connectivity index (χ1v) is 13.3. The van der Waals surface area contributed by atoms with E-state index >= 15 is 0 Å². The summed E-state index contributed by atoms with van der Waals surface area (Å²) in [5, 5.41) is 12.0. The number of aryl methyl sites for hydroxylation is 1. The molecular weight excluding hydrogens is 458 g/mol. The van der Waals surface area contributed by atoms with Gasteiger partial charge in [0.25, 0.3) is 0 Å². The lowest BCUT2D eigenvalue weighted by Crippen LogP contribution is -2.06. The van der Waals surface area contributed by atoms with Gasteiger partial charge in [0.2, 0.25) is 0 Å². The highest BCUT2D eigenvalue weighted by Gasteiger charge is 2.25. The summed E-state index contributed by atoms with van der Waals surface area (Å²) in [4.78, 5) is 1.22. The van der Waals surface area contributed by atoms with Crippen molar-refractivity contribution in [1.29, 1.82) is 5.26 Å². The van der Waals surface area contributed by atoms with Gasteiger partial charge in [-0.15, -0.1) is 11.3 Å². The Bertz CT molecular complexity index is 1810. The predicted molar refractivity (Wildman–Crippen MR) is 152 cm³/mol. The Morgan fingerprint density at radius 1 is 1.03 bits per heavy atom. The van der Waals surface area contributed by atoms with Crippen molar-refractivity contribution in [2.75, 3.05) is 5.73 Å². The van der Waals surface area contributed by atoms with Gasteiger partial charge < -0.3 is 10.3 Å². The number of aromatic nitrogens is 1. The van der Waals surface area contributed by atoms with E-state index in [2.05, 4.69) is 90.4 Å². The number of hydrogen-bond acceptors (Lipinski definition) is 3. The van der Waals surface area contributed by atoms with E-state index in [0.717, 1.165) is 47.3 Å². The molecule has 2 aliphatic carbocycles. The molecule has 0 saturated carbocycles. The summed E-state index contributed by atoms with van der Waals surface area (Å²) in [6, 6.07) is 24.1. The Kier molecular flexibility index (Phi) is 4.71. The van der Waals surface area contributed by atoms with Gasteiger partial charge in [-0.25, -0.2) is 0 Å². The summed E-state index contributed by atoms with van der Waals surface area (Å²) in [5.74, 6) is 0.463. The average molecular weight is 484 g/mol. The van der Waals surface area contributed by atoms with Crippen molar-refractivity contribution >= 4 is 50.2 Å². The zero-order valence-corrected chi connectivity index (χ0v) is 20.9. The first-order chi connectivity index (χ1) is 17.6. The van der Waals surface area contributed by atoms with Crippen molar-refractivity contribution in [2.45, 2.75) is 32.1 Å². The predicted octanol–water partition coefficient (Wildman–Crippen LogP) is 8.47. The zero-order chi connectivity index (χ0) is 24.4. The van der Waals surface area contributed by atoms with Crippen LogP contribution in [0.25, 0.3) is 50.0 Å². The molecule has 2 aromatic heterocycles. The Balaban J connectivity index is 1.48. The number of nitrogens with two attached hydrogens (primary N) is 1. The molecule has 0 fully saturated rings. The SMILES string of the molecule is CC1CC=Cc2c1c1ccccc1n2-c1c(N)cccc1-c1ccc2c3c(sc2c1)C=C(C#N)CC3. The van der Waals surface area contributed by atoms with E-state index in [9.17, 15) is 5.26 Å². The maximum atomic E-state index is 9.37. The fourth-order valence-corrected chi connectivity index (χ4v) is 7.30. The van der Waals surface area contributed by atoms with Crippen molar-refractivity contribution in [3.8, 4) is 22.9 Å². The summed E-state index contributed by atoms with van der Waals surface area (Å²) < 4.78 is 3.63. The lowest BCUT2D eigenvalue weighted by Gasteiger charge is -2.20. The van der Waals surface area contributed by atoms with Crippen LogP contribution in [0.1, 0.15) is 47.4 Å². The highest BCUT2D eigenvalue weighted by Crippen LogP contribution is 2.44. The summed E-state index contributed by atoms with van der Waals surface area (Å²) in [7, 11) is 0. The molecule has 0 spiro atoms. The quantitative estimate of drug-likeness (QED) is 0.256. The van der Waals surface area contributed by atoms with Crippen LogP contribution in [0, 0.1) is 11.3 Å². The zero-order valence-electron chi connectivity index (χ0n) is 20.1. The molecule has 3 aromatic carbocycles. The van der Waals surface area contributed by atoms with Crippen LogP contribution >= 0.6 is 11.3 Å². The second-order valence-corrected chi connectivity index (χ2v) is 11.0. The van der Waals surface area contributed by atoms with E-state index in [1.54, 1.807) is 11.3 Å². The van der Waals surface area contributed by atoms with Gasteiger partial charge in [0.15, 0.2) is 0 Å². The number of nitrogens with zero attached hydrogens (tertiary/aromatic N) is 2. The molecule has 5 aromatic rings. The maximum absolute atomic E-state index is 9.37. The van der Waals surface area contributed by atoms with Crippen LogP contribution in [0.15, 0.2) is 72.3 Å². The van der Waals surface area contributed by atoms with Crippen LogP contribution in [0.4, 0.5) is 5.69 Å². The molecule has 1 unspecified atom stereocenters. The van der Waals surface area contributed by atoms with Crippen molar-refractivity contribution in [3.63, 3.8) is 0 Å². The van der Waals surface area contributed by atoms with Crippen molar-refractivity contribution in [3.05, 3.63) is 94.0 Å². The number of para-hydroxylation sites is 2. The number of anilines is 1. The number of hydrogen-bond donors (Lipinski definition) is 1. The first kappa shape index (κ1) is 21.2. The van der Waals surface area contributed by atoms with E-state index in [1.807, 2.05) is 6.07 Å². The third-order valence-electron chi connectivity index (χ3n) is 7.73. The molecule has 2 heterocycles. The van der Waals surface area contributed by atoms with Crippen molar-refractivity contribution < 1.29 is 0 Å². The third kappa shape index (κ3) is 3.03. The summed E-state index contributed by atoms with van der Waals surface area (Å²) in [6.07, 6.45) is 9.44. The van der Waals surface area contributed by atoms with Gasteiger partial charge in [-0.3, -0.25) is 0 Å². The smallest absolute Gasteiger partial charge is 0.0947 e. The van der Waals surface area contributed by atoms with Crippen LogP contribution in [0.2, 0.25) is 0 Å². The minimum Gasteiger partial charge on any atom is -0.397 e. The standard InChI is InChI=1S/C32H25N3S/c1-19-6-4-11-28-31(19)25-7-2-3-10-27(25)35(28)32-22(8-5-9-26(32)34)21-13-15-24-23-14-12-20(18-33)16-29(23)36-30(24)17-21/h2-5,7-11,13,15-17,19H,6,12,14,34H2,1H3. The number of benzene rings is 3. The van der Waals surface area contributed by atoms with Crippen LogP contribution in [0.3, 0.4) is 0 Å². The molecule has 0 radical (unpaired) electrons. The summed E-state index contributed by atoms with van der Waals surface area (Å²) in [5.41, 5.74) is 16.9. The number of fused-ring (bicyclic) bond motifs is 6. The molecule has 174 valence electrons. The molecule has 36 heavy (non-hydrogen) atoms. The molecule has 0 aliphatic heterocycles. The lowest BCUT2D eigenvalue weighted by atomic mass is 9.90. The highest BCUT2D eigenvalue weighted by molar-refractivity contribution is 7.20. The molecule has 4 heteroatoms. The van der Waals surface area contributed by atoms with E-state index < -0.39 is 0 Å². The molecule has 2 aliphatic rings. The molecule has 7 rings (SSSR count). The molecule has 3 nitrogen and oxygen atoms in total. The first-order valence-electron chi connectivity index (χ1n) is 12.5. The Morgan fingerprint density at radius 3 is 2.81 bits per heavy atom. The minimum atomic E-state index is 0.463. The molecule has 2 N–H and O–H groups in total. The number of nitrogen functional groups attached to an aromatic ring is 1. The lowest BCUT2D eigenvalue weighted by molar-refractivity contribution is 0.773. The monoisotopic (exact) mass is 483 g/mol. The third-order valence-corrected chi connectivity index (χ3v) is 8.87. The largest absolute Gasteiger partial charge is 0.397 e.